The fourth-order valence-electron chi connectivity index (χ4n) is 1.84. The summed E-state index contributed by atoms with van der Waals surface area (Å²) in [6, 6.07) is 5.53. The van der Waals surface area contributed by atoms with Crippen LogP contribution in [0.15, 0.2) is 23.1 Å². The molecule has 0 spiro atoms. The van der Waals surface area contributed by atoms with Gasteiger partial charge < -0.3 is 15.2 Å². The van der Waals surface area contributed by atoms with Gasteiger partial charge in [-0.15, -0.1) is 11.8 Å². The number of rotatable bonds is 9. The minimum Gasteiger partial charge on any atom is -0.478 e. The van der Waals surface area contributed by atoms with Gasteiger partial charge in [-0.25, -0.2) is 4.79 Å². The maximum atomic E-state index is 11.3. The second-order valence-corrected chi connectivity index (χ2v) is 5.02. The molecule has 4 nitrogen and oxygen atoms in total. The number of carboxylic acids is 1. The highest BCUT2D eigenvalue weighted by atomic mass is 32.2. The van der Waals surface area contributed by atoms with Crippen LogP contribution in [0.1, 0.15) is 29.6 Å². The molecule has 5 heteroatoms. The van der Waals surface area contributed by atoms with Crippen molar-refractivity contribution in [3.05, 3.63) is 23.8 Å². The number of carbonyl (C=O) groups is 1. The van der Waals surface area contributed by atoms with E-state index < -0.39 is 5.97 Å². The Morgan fingerprint density at radius 3 is 2.79 bits per heavy atom. The summed E-state index contributed by atoms with van der Waals surface area (Å²) in [5.74, 6) is -0.883. The Morgan fingerprint density at radius 2 is 2.16 bits per heavy atom. The zero-order chi connectivity index (χ0) is 14.1. The molecule has 0 atom stereocenters. The molecule has 0 fully saturated rings. The van der Waals surface area contributed by atoms with Crippen LogP contribution >= 0.6 is 11.8 Å². The van der Waals surface area contributed by atoms with E-state index in [4.69, 9.17) is 4.74 Å². The lowest BCUT2D eigenvalue weighted by molar-refractivity contribution is 0.0694. The van der Waals surface area contributed by atoms with E-state index in [1.807, 2.05) is 24.5 Å². The second-order valence-electron chi connectivity index (χ2n) is 4.17. The highest BCUT2D eigenvalue weighted by Crippen LogP contribution is 2.27. The number of benzene rings is 1. The molecule has 0 amide bonds. The SMILES string of the molecule is COCCCCCNc1cccc(SC)c1C(=O)O. The summed E-state index contributed by atoms with van der Waals surface area (Å²) in [5, 5.41) is 12.5. The Balaban J connectivity index is 2.55. The lowest BCUT2D eigenvalue weighted by Gasteiger charge is -2.12. The second kappa shape index (κ2) is 8.82. The first kappa shape index (κ1) is 15.9. The first-order valence-corrected chi connectivity index (χ1v) is 7.56. The van der Waals surface area contributed by atoms with Crippen LogP contribution in [0.4, 0.5) is 5.69 Å². The van der Waals surface area contributed by atoms with Gasteiger partial charge in [0.1, 0.15) is 0 Å². The minimum atomic E-state index is -0.883. The highest BCUT2D eigenvalue weighted by molar-refractivity contribution is 7.98. The number of nitrogens with one attached hydrogen (secondary N) is 1. The van der Waals surface area contributed by atoms with E-state index in [-0.39, 0.29) is 0 Å². The Hall–Kier alpha value is -1.20. The average Bonchev–Trinajstić information content (AvgIpc) is 2.42. The molecule has 0 unspecified atom stereocenters. The third-order valence-electron chi connectivity index (χ3n) is 2.80. The maximum absolute atomic E-state index is 11.3. The van der Waals surface area contributed by atoms with E-state index >= 15 is 0 Å². The van der Waals surface area contributed by atoms with Crippen LogP contribution in [0.5, 0.6) is 0 Å². The van der Waals surface area contributed by atoms with E-state index in [9.17, 15) is 9.90 Å². The largest absolute Gasteiger partial charge is 0.478 e. The molecule has 1 aromatic carbocycles. The first-order chi connectivity index (χ1) is 9.20. The first-order valence-electron chi connectivity index (χ1n) is 6.33. The van der Waals surface area contributed by atoms with E-state index in [0.717, 1.165) is 37.3 Å². The van der Waals surface area contributed by atoms with E-state index in [2.05, 4.69) is 5.32 Å². The van der Waals surface area contributed by atoms with Gasteiger partial charge >= 0.3 is 5.97 Å². The van der Waals surface area contributed by atoms with Gasteiger partial charge in [-0.05, 0) is 37.7 Å². The molecule has 19 heavy (non-hydrogen) atoms. The third-order valence-corrected chi connectivity index (χ3v) is 3.58. The summed E-state index contributed by atoms with van der Waals surface area (Å²) in [6.45, 7) is 1.56. The number of ether oxygens (including phenoxy) is 1. The number of hydrogen-bond acceptors (Lipinski definition) is 4. The molecule has 0 aliphatic carbocycles. The quantitative estimate of drug-likeness (QED) is 0.538. The average molecular weight is 283 g/mol. The number of hydrogen-bond donors (Lipinski definition) is 2. The summed E-state index contributed by atoms with van der Waals surface area (Å²) < 4.78 is 4.99. The smallest absolute Gasteiger partial charge is 0.338 e. The van der Waals surface area contributed by atoms with Crippen LogP contribution in [0.25, 0.3) is 0 Å². The van der Waals surface area contributed by atoms with E-state index in [0.29, 0.717) is 11.3 Å². The molecule has 0 bridgehead atoms. The number of methoxy groups -OCH3 is 1. The topological polar surface area (TPSA) is 58.6 Å². The van der Waals surface area contributed by atoms with Crippen LogP contribution in [-0.2, 0) is 4.74 Å². The van der Waals surface area contributed by atoms with Crippen molar-refractivity contribution in [2.45, 2.75) is 24.2 Å². The Morgan fingerprint density at radius 1 is 1.37 bits per heavy atom. The van der Waals surface area contributed by atoms with Gasteiger partial charge in [0.05, 0.1) is 5.56 Å². The van der Waals surface area contributed by atoms with Crippen molar-refractivity contribution in [3.8, 4) is 0 Å². The number of thioether (sulfide) groups is 1. The predicted octanol–water partition coefficient (Wildman–Crippen LogP) is 3.34. The summed E-state index contributed by atoms with van der Waals surface area (Å²) >= 11 is 1.45. The summed E-state index contributed by atoms with van der Waals surface area (Å²) in [4.78, 5) is 12.1. The molecule has 1 rings (SSSR count). The van der Waals surface area contributed by atoms with Crippen molar-refractivity contribution < 1.29 is 14.6 Å². The van der Waals surface area contributed by atoms with E-state index in [1.165, 1.54) is 11.8 Å². The molecule has 0 aliphatic rings. The van der Waals surface area contributed by atoms with Gasteiger partial charge in [-0.2, -0.15) is 0 Å². The van der Waals surface area contributed by atoms with Crippen molar-refractivity contribution in [3.63, 3.8) is 0 Å². The lowest BCUT2D eigenvalue weighted by atomic mass is 10.1. The monoisotopic (exact) mass is 283 g/mol. The van der Waals surface area contributed by atoms with Crippen LogP contribution in [0.2, 0.25) is 0 Å². The molecule has 106 valence electrons. The molecule has 0 saturated heterocycles. The molecule has 1 aromatic rings. The number of carboxylic acid groups (broad SMARTS) is 1. The molecule has 0 heterocycles. The van der Waals surface area contributed by atoms with Crippen molar-refractivity contribution in [1.82, 2.24) is 0 Å². The molecule has 0 radical (unpaired) electrons. The number of aromatic carboxylic acids is 1. The molecule has 0 aromatic heterocycles. The third kappa shape index (κ3) is 5.12. The highest BCUT2D eigenvalue weighted by Gasteiger charge is 2.14. The van der Waals surface area contributed by atoms with Crippen molar-refractivity contribution in [1.29, 1.82) is 0 Å². The maximum Gasteiger partial charge on any atom is 0.338 e. The normalized spacial score (nSPS) is 10.4. The van der Waals surface area contributed by atoms with Crippen LogP contribution in [0, 0.1) is 0 Å². The van der Waals surface area contributed by atoms with Crippen molar-refractivity contribution in [2.75, 3.05) is 31.8 Å². The Kier molecular flexibility index (Phi) is 7.36. The fourth-order valence-corrected chi connectivity index (χ4v) is 2.46. The summed E-state index contributed by atoms with van der Waals surface area (Å²) in [6.07, 6.45) is 5.00. The molecule has 0 saturated carbocycles. The molecule has 2 N–H and O–H groups in total. The molecular formula is C14H21NO3S. The number of unbranched alkanes of at least 4 members (excludes halogenated alkanes) is 2. The molecule has 0 aliphatic heterocycles. The lowest BCUT2D eigenvalue weighted by Crippen LogP contribution is -2.09. The number of anilines is 1. The van der Waals surface area contributed by atoms with Crippen LogP contribution in [-0.4, -0.2) is 37.6 Å². The van der Waals surface area contributed by atoms with Crippen molar-refractivity contribution in [2.24, 2.45) is 0 Å². The van der Waals surface area contributed by atoms with Gasteiger partial charge in [0.25, 0.3) is 0 Å². The predicted molar refractivity (Wildman–Crippen MR) is 79.4 cm³/mol. The van der Waals surface area contributed by atoms with Gasteiger partial charge in [-0.1, -0.05) is 6.07 Å². The minimum absolute atomic E-state index is 0.367. The van der Waals surface area contributed by atoms with Crippen molar-refractivity contribution >= 4 is 23.4 Å². The van der Waals surface area contributed by atoms with E-state index in [1.54, 1.807) is 7.11 Å². The zero-order valence-electron chi connectivity index (χ0n) is 11.4. The molecular weight excluding hydrogens is 262 g/mol. The Labute approximate surface area is 118 Å². The van der Waals surface area contributed by atoms with Gasteiger partial charge in [0.2, 0.25) is 0 Å². The summed E-state index contributed by atoms with van der Waals surface area (Å²) in [5.41, 5.74) is 1.07. The van der Waals surface area contributed by atoms with Gasteiger partial charge in [0, 0.05) is 30.8 Å². The standard InChI is InChI=1S/C14H21NO3S/c1-18-10-5-3-4-9-15-11-7-6-8-12(19-2)13(11)14(16)17/h6-8,15H,3-5,9-10H2,1-2H3,(H,16,17). The van der Waals surface area contributed by atoms with Crippen LogP contribution < -0.4 is 5.32 Å². The Bertz CT molecular complexity index is 410. The van der Waals surface area contributed by atoms with Crippen LogP contribution in [0.3, 0.4) is 0 Å². The van der Waals surface area contributed by atoms with Gasteiger partial charge in [-0.3, -0.25) is 0 Å². The summed E-state index contributed by atoms with van der Waals surface area (Å²) in [7, 11) is 1.70. The fraction of sp³-hybridized carbons (Fsp3) is 0.500. The van der Waals surface area contributed by atoms with Gasteiger partial charge in [0.15, 0.2) is 0 Å². The zero-order valence-corrected chi connectivity index (χ0v) is 12.3.